The number of hydrogen-bond acceptors (Lipinski definition) is 17. The maximum atomic E-state index is 12.9. The number of hydrogen-bond donors (Lipinski definition) is 7. The third-order valence-corrected chi connectivity index (χ3v) is 13.7. The number of carbonyl (C=O) groups excluding carboxylic acids is 2. The number of esters is 2. The average molecular weight is 1030 g/mol. The first-order valence-electron chi connectivity index (χ1n) is 24.8. The van der Waals surface area contributed by atoms with Crippen molar-refractivity contribution in [2.24, 2.45) is 0 Å². The van der Waals surface area contributed by atoms with Gasteiger partial charge in [0.1, 0.15) is 30.7 Å². The summed E-state index contributed by atoms with van der Waals surface area (Å²) in [6, 6.07) is 1.23. The number of ether oxygens (including phenoxy) is 3. The van der Waals surface area contributed by atoms with E-state index < -0.39 is 95.9 Å². The molecule has 2 heterocycles. The van der Waals surface area contributed by atoms with Crippen molar-refractivity contribution in [1.29, 1.82) is 0 Å². The lowest BCUT2D eigenvalue weighted by Gasteiger charge is -2.22. The highest BCUT2D eigenvalue weighted by Gasteiger charge is 2.46. The molecule has 0 aliphatic carbocycles. The van der Waals surface area contributed by atoms with Gasteiger partial charge in [-0.2, -0.15) is 9.29 Å². The maximum absolute atomic E-state index is 12.9. The summed E-state index contributed by atoms with van der Waals surface area (Å²) in [5.74, 6) is -1.61. The summed E-state index contributed by atoms with van der Waals surface area (Å²) in [5, 5.41) is 41.8. The molecule has 20 nitrogen and oxygen atoms in total. The Kier molecular flexibility index (Phi) is 32.8. The van der Waals surface area contributed by atoms with Crippen molar-refractivity contribution in [3.8, 4) is 0 Å². The van der Waals surface area contributed by atoms with Crippen LogP contribution in [0.3, 0.4) is 0 Å². The van der Waals surface area contributed by atoms with Gasteiger partial charge in [-0.3, -0.25) is 23.2 Å². The standard InChI is InChI=1S/C48H81N3O17P2/c1-3-5-7-9-11-13-15-17-19-21-23-25-27-31-43(54)63-35-38(66-44(55)32-28-30-40(53)39(52)29-26-24-22-20-18-16-14-12-10-8-6-4-2)36-64-69(59,60)68-70(61,62)65-37-41-45(56)46(57)47(67-41)51-34-33-42(49)50-48(51)58/h12-15,18,20,24,26,33-34,38-41,45-47,52-53,56-57H,3-11,16-17,19,21-23,25,27-32,35-37H2,1-2H3,(H,59,60)(H,61,62)(H2,49,50,58)/b14-12-,15-13-,20-18-,26-24-/t38-,39?,40?,41-,45-,46-,47-/m1/s1. The van der Waals surface area contributed by atoms with Crippen molar-refractivity contribution in [2.75, 3.05) is 25.6 Å². The molecule has 0 radical (unpaired) electrons. The summed E-state index contributed by atoms with van der Waals surface area (Å²) in [5.41, 5.74) is 4.56. The van der Waals surface area contributed by atoms with Crippen LogP contribution in [-0.2, 0) is 46.3 Å². The smallest absolute Gasteiger partial charge is 0.462 e. The molecular formula is C48H81N3O17P2. The highest BCUT2D eigenvalue weighted by Crippen LogP contribution is 2.60. The molecule has 0 aromatic carbocycles. The Morgan fingerprint density at radius 3 is 1.97 bits per heavy atom. The molecule has 1 fully saturated rings. The number of phosphoric acid groups is 2. The molecule has 1 aromatic rings. The fourth-order valence-corrected chi connectivity index (χ4v) is 9.17. The van der Waals surface area contributed by atoms with Gasteiger partial charge in [0.25, 0.3) is 0 Å². The van der Waals surface area contributed by atoms with E-state index in [4.69, 9.17) is 29.0 Å². The van der Waals surface area contributed by atoms with Crippen LogP contribution in [-0.4, -0.2) is 108 Å². The monoisotopic (exact) mass is 1030 g/mol. The number of anilines is 1. The minimum atomic E-state index is -5.50. The molecule has 4 unspecified atom stereocenters. The van der Waals surface area contributed by atoms with E-state index in [1.165, 1.54) is 51.0 Å². The van der Waals surface area contributed by atoms with E-state index in [2.05, 4.69) is 53.5 Å². The average Bonchev–Trinajstić information content (AvgIpc) is 3.59. The van der Waals surface area contributed by atoms with Crippen molar-refractivity contribution in [3.05, 3.63) is 71.4 Å². The first-order chi connectivity index (χ1) is 33.5. The van der Waals surface area contributed by atoms with Crippen molar-refractivity contribution in [2.45, 2.75) is 198 Å². The van der Waals surface area contributed by atoms with Crippen LogP contribution in [0.15, 0.2) is 65.7 Å². The quantitative estimate of drug-likeness (QED) is 0.0143. The summed E-state index contributed by atoms with van der Waals surface area (Å²) < 4.78 is 56.5. The molecule has 1 aliphatic rings. The number of nitrogens with two attached hydrogens (primary N) is 1. The predicted molar refractivity (Wildman–Crippen MR) is 264 cm³/mol. The van der Waals surface area contributed by atoms with E-state index in [1.807, 2.05) is 12.2 Å². The van der Waals surface area contributed by atoms with Crippen LogP contribution in [0.5, 0.6) is 0 Å². The minimum absolute atomic E-state index is 0.0334. The van der Waals surface area contributed by atoms with Crippen molar-refractivity contribution < 1.29 is 76.5 Å². The van der Waals surface area contributed by atoms with Crippen LogP contribution >= 0.6 is 15.6 Å². The van der Waals surface area contributed by atoms with Gasteiger partial charge in [-0.1, -0.05) is 114 Å². The number of carbonyl (C=O) groups is 2. The number of allylic oxidation sites excluding steroid dienone is 7. The van der Waals surface area contributed by atoms with E-state index in [-0.39, 0.29) is 37.9 Å². The van der Waals surface area contributed by atoms with Crippen LogP contribution in [0.2, 0.25) is 0 Å². The van der Waals surface area contributed by atoms with E-state index in [9.17, 15) is 53.7 Å². The van der Waals surface area contributed by atoms with Gasteiger partial charge in [-0.15, -0.1) is 0 Å². The number of aliphatic hydroxyl groups excluding tert-OH is 4. The van der Waals surface area contributed by atoms with Crippen molar-refractivity contribution in [3.63, 3.8) is 0 Å². The molecule has 0 bridgehead atoms. The highest BCUT2D eigenvalue weighted by atomic mass is 31.3. The van der Waals surface area contributed by atoms with E-state index in [0.717, 1.165) is 62.1 Å². The zero-order chi connectivity index (χ0) is 51.6. The predicted octanol–water partition coefficient (Wildman–Crippen LogP) is 7.72. The largest absolute Gasteiger partial charge is 0.481 e. The van der Waals surface area contributed by atoms with E-state index in [0.29, 0.717) is 12.8 Å². The van der Waals surface area contributed by atoms with Gasteiger partial charge >= 0.3 is 33.3 Å². The Balaban J connectivity index is 1.89. The summed E-state index contributed by atoms with van der Waals surface area (Å²) in [4.78, 5) is 61.9. The molecule has 2 rings (SSSR count). The van der Waals surface area contributed by atoms with Crippen LogP contribution < -0.4 is 11.4 Å². The molecule has 0 amide bonds. The Morgan fingerprint density at radius 2 is 1.30 bits per heavy atom. The van der Waals surface area contributed by atoms with Gasteiger partial charge in [-0.05, 0) is 83.1 Å². The molecule has 9 atom stereocenters. The highest BCUT2D eigenvalue weighted by molar-refractivity contribution is 7.61. The summed E-state index contributed by atoms with van der Waals surface area (Å²) in [7, 11) is -11.0. The van der Waals surface area contributed by atoms with Crippen LogP contribution in [0.25, 0.3) is 0 Å². The molecular weight excluding hydrogens is 952 g/mol. The molecule has 0 saturated carbocycles. The second-order valence-electron chi connectivity index (χ2n) is 17.3. The Labute approximate surface area is 413 Å². The van der Waals surface area contributed by atoms with Crippen LogP contribution in [0.1, 0.15) is 161 Å². The Bertz CT molecular complexity index is 1900. The third-order valence-electron chi connectivity index (χ3n) is 11.1. The summed E-state index contributed by atoms with van der Waals surface area (Å²) in [6.07, 6.45) is 25.0. The molecule has 400 valence electrons. The first kappa shape index (κ1) is 62.8. The van der Waals surface area contributed by atoms with E-state index in [1.54, 1.807) is 6.08 Å². The van der Waals surface area contributed by atoms with Gasteiger partial charge in [0.15, 0.2) is 12.3 Å². The molecule has 1 aliphatic heterocycles. The lowest BCUT2D eigenvalue weighted by molar-refractivity contribution is -0.161. The topological polar surface area (TPSA) is 306 Å². The van der Waals surface area contributed by atoms with Gasteiger partial charge in [0.05, 0.1) is 25.4 Å². The Morgan fingerprint density at radius 1 is 0.743 bits per heavy atom. The number of aliphatic hydroxyl groups is 4. The maximum Gasteiger partial charge on any atom is 0.481 e. The number of rotatable bonds is 40. The van der Waals surface area contributed by atoms with Gasteiger partial charge in [0, 0.05) is 19.0 Å². The summed E-state index contributed by atoms with van der Waals surface area (Å²) in [6.45, 7) is 1.81. The van der Waals surface area contributed by atoms with Crippen molar-refractivity contribution in [1.82, 2.24) is 9.55 Å². The van der Waals surface area contributed by atoms with Crippen LogP contribution in [0, 0.1) is 0 Å². The van der Waals surface area contributed by atoms with Gasteiger partial charge < -0.3 is 50.2 Å². The second kappa shape index (κ2) is 36.5. The number of nitrogen functional groups attached to an aromatic ring is 1. The van der Waals surface area contributed by atoms with Crippen molar-refractivity contribution >= 4 is 33.4 Å². The first-order valence-corrected chi connectivity index (χ1v) is 27.8. The summed E-state index contributed by atoms with van der Waals surface area (Å²) >= 11 is 0. The molecule has 1 saturated heterocycles. The molecule has 8 N–H and O–H groups in total. The zero-order valence-electron chi connectivity index (χ0n) is 41.0. The SMILES string of the molecule is CCCCC/C=C\C/C=C\C/C=C\CC(O)C(O)CCCC(=O)O[C@H](COC(=O)CCCCCCC/C=C\CCCCCC)COP(=O)(O)OP(=O)(O)OC[C@H]1O[C@@H](n2ccc(N)nc2=O)[C@H](O)[C@@H]1O. The number of nitrogens with zero attached hydrogens (tertiary/aromatic N) is 2. The minimum Gasteiger partial charge on any atom is -0.462 e. The van der Waals surface area contributed by atoms with Gasteiger partial charge in [-0.25, -0.2) is 13.9 Å². The van der Waals surface area contributed by atoms with Crippen LogP contribution in [0.4, 0.5) is 5.82 Å². The number of phosphoric ester groups is 2. The normalized spacial score (nSPS) is 20.6. The second-order valence-corrected chi connectivity index (χ2v) is 20.3. The van der Waals surface area contributed by atoms with Gasteiger partial charge in [0.2, 0.25) is 0 Å². The lowest BCUT2D eigenvalue weighted by Crippen LogP contribution is -2.36. The fourth-order valence-electron chi connectivity index (χ4n) is 7.06. The zero-order valence-corrected chi connectivity index (χ0v) is 42.8. The number of aromatic nitrogens is 2. The third kappa shape index (κ3) is 28.6. The number of unbranched alkanes of at least 4 members (excludes halogenated alkanes) is 12. The molecule has 70 heavy (non-hydrogen) atoms. The molecule has 1 aromatic heterocycles. The Hall–Kier alpha value is -3.36. The fraction of sp³-hybridized carbons (Fsp3) is 0.708. The molecule has 0 spiro atoms. The lowest BCUT2D eigenvalue weighted by atomic mass is 10.0. The van der Waals surface area contributed by atoms with E-state index >= 15 is 0 Å². The molecule has 22 heteroatoms.